The van der Waals surface area contributed by atoms with Crippen molar-refractivity contribution in [1.82, 2.24) is 14.5 Å². The Hall–Kier alpha value is -2.14. The summed E-state index contributed by atoms with van der Waals surface area (Å²) in [5, 5.41) is 0. The number of rotatable bonds is 3. The van der Waals surface area contributed by atoms with Crippen LogP contribution in [0.2, 0.25) is 0 Å². The number of nitrogens with zero attached hydrogens (tertiary/aromatic N) is 3. The van der Waals surface area contributed by atoms with Crippen molar-refractivity contribution in [2.75, 3.05) is 13.1 Å². The van der Waals surface area contributed by atoms with Crippen LogP contribution in [-0.2, 0) is 0 Å². The molecule has 2 N–H and O–H groups in total. The van der Waals surface area contributed by atoms with Crippen LogP contribution in [0, 0.1) is 0 Å². The molecule has 0 spiro atoms. The Labute approximate surface area is 118 Å². The molecule has 5 heteroatoms. The highest BCUT2D eigenvalue weighted by Crippen LogP contribution is 2.20. The molecule has 0 bridgehead atoms. The van der Waals surface area contributed by atoms with E-state index in [1.54, 1.807) is 12.5 Å². The fourth-order valence-electron chi connectivity index (χ4n) is 2.73. The smallest absolute Gasteiger partial charge is 0.254 e. The Balaban J connectivity index is 1.87. The van der Waals surface area contributed by atoms with Gasteiger partial charge in [-0.3, -0.25) is 4.79 Å². The summed E-state index contributed by atoms with van der Waals surface area (Å²) >= 11 is 0. The lowest BCUT2D eigenvalue weighted by molar-refractivity contribution is 0.0741. The molecular formula is C15H18N4O. The molecule has 5 nitrogen and oxygen atoms in total. The van der Waals surface area contributed by atoms with Crippen LogP contribution in [-0.4, -0.2) is 39.5 Å². The summed E-state index contributed by atoms with van der Waals surface area (Å²) in [6, 6.07) is 7.79. The standard InChI is InChI=1S/C15H18N4O/c16-10-14-5-2-7-19(14)15(20)12-3-1-4-13(9-12)18-8-6-17-11-18/h1,3-4,6,8-9,11,14H,2,5,7,10,16H2/t14-/m0/s1. The minimum absolute atomic E-state index is 0.0694. The lowest BCUT2D eigenvalue weighted by Gasteiger charge is -2.23. The van der Waals surface area contributed by atoms with Crippen LogP contribution in [0.25, 0.3) is 5.69 Å². The number of nitrogens with two attached hydrogens (primary N) is 1. The highest BCUT2D eigenvalue weighted by molar-refractivity contribution is 5.95. The van der Waals surface area contributed by atoms with E-state index < -0.39 is 0 Å². The first kappa shape index (κ1) is 12.9. The highest BCUT2D eigenvalue weighted by atomic mass is 16.2. The van der Waals surface area contributed by atoms with Gasteiger partial charge in [-0.05, 0) is 31.0 Å². The molecule has 1 aromatic carbocycles. The van der Waals surface area contributed by atoms with E-state index in [0.717, 1.165) is 25.1 Å². The number of aromatic nitrogens is 2. The average Bonchev–Trinajstić information content (AvgIpc) is 3.17. The minimum atomic E-state index is 0.0694. The minimum Gasteiger partial charge on any atom is -0.334 e. The second-order valence-corrected chi connectivity index (χ2v) is 5.05. The van der Waals surface area contributed by atoms with Crippen LogP contribution in [0.5, 0.6) is 0 Å². The topological polar surface area (TPSA) is 64.2 Å². The molecular weight excluding hydrogens is 252 g/mol. The van der Waals surface area contributed by atoms with Gasteiger partial charge in [0.1, 0.15) is 0 Å². The third-order valence-corrected chi connectivity index (χ3v) is 3.81. The summed E-state index contributed by atoms with van der Waals surface area (Å²) in [6.07, 6.45) is 7.35. The van der Waals surface area contributed by atoms with Crippen molar-refractivity contribution in [3.63, 3.8) is 0 Å². The summed E-state index contributed by atoms with van der Waals surface area (Å²) in [5.41, 5.74) is 7.39. The summed E-state index contributed by atoms with van der Waals surface area (Å²) in [7, 11) is 0. The Morgan fingerprint density at radius 1 is 1.45 bits per heavy atom. The van der Waals surface area contributed by atoms with Crippen molar-refractivity contribution in [3.8, 4) is 5.69 Å². The van der Waals surface area contributed by atoms with Gasteiger partial charge in [0.25, 0.3) is 5.91 Å². The van der Waals surface area contributed by atoms with Crippen molar-refractivity contribution < 1.29 is 4.79 Å². The Kier molecular flexibility index (Phi) is 3.52. The molecule has 1 saturated heterocycles. The predicted octanol–water partition coefficient (Wildman–Crippen LogP) is 1.44. The molecule has 1 atom stereocenters. The molecule has 1 amide bonds. The zero-order chi connectivity index (χ0) is 13.9. The number of likely N-dealkylation sites (tertiary alicyclic amines) is 1. The molecule has 1 aromatic heterocycles. The van der Waals surface area contributed by atoms with Crippen LogP contribution >= 0.6 is 0 Å². The number of carbonyl (C=O) groups excluding carboxylic acids is 1. The van der Waals surface area contributed by atoms with E-state index in [4.69, 9.17) is 5.73 Å². The Morgan fingerprint density at radius 3 is 3.10 bits per heavy atom. The predicted molar refractivity (Wildman–Crippen MR) is 76.7 cm³/mol. The summed E-state index contributed by atoms with van der Waals surface area (Å²) in [5.74, 6) is 0.0694. The molecule has 0 radical (unpaired) electrons. The largest absolute Gasteiger partial charge is 0.334 e. The van der Waals surface area contributed by atoms with Crippen LogP contribution in [0.4, 0.5) is 0 Å². The number of amides is 1. The lowest BCUT2D eigenvalue weighted by atomic mass is 10.1. The molecule has 0 unspecified atom stereocenters. The molecule has 1 aliphatic heterocycles. The van der Waals surface area contributed by atoms with Gasteiger partial charge in [0.15, 0.2) is 0 Å². The third kappa shape index (κ3) is 2.32. The van der Waals surface area contributed by atoms with Gasteiger partial charge in [-0.2, -0.15) is 0 Å². The van der Waals surface area contributed by atoms with Gasteiger partial charge in [-0.15, -0.1) is 0 Å². The summed E-state index contributed by atoms with van der Waals surface area (Å²) in [6.45, 7) is 1.34. The molecule has 2 heterocycles. The molecule has 0 saturated carbocycles. The van der Waals surface area contributed by atoms with Gasteiger partial charge in [0, 0.05) is 42.8 Å². The maximum Gasteiger partial charge on any atom is 0.254 e. The van der Waals surface area contributed by atoms with Gasteiger partial charge >= 0.3 is 0 Å². The molecule has 3 rings (SSSR count). The molecule has 0 aliphatic carbocycles. The maximum atomic E-state index is 12.6. The first-order valence-electron chi connectivity index (χ1n) is 6.89. The van der Waals surface area contributed by atoms with E-state index in [9.17, 15) is 4.79 Å². The summed E-state index contributed by atoms with van der Waals surface area (Å²) < 4.78 is 1.89. The second-order valence-electron chi connectivity index (χ2n) is 5.05. The van der Waals surface area contributed by atoms with E-state index in [0.29, 0.717) is 12.1 Å². The van der Waals surface area contributed by atoms with Crippen LogP contribution < -0.4 is 5.73 Å². The van der Waals surface area contributed by atoms with Gasteiger partial charge < -0.3 is 15.2 Å². The van der Waals surface area contributed by atoms with E-state index in [2.05, 4.69) is 4.98 Å². The number of hydrogen-bond acceptors (Lipinski definition) is 3. The van der Waals surface area contributed by atoms with Crippen molar-refractivity contribution >= 4 is 5.91 Å². The van der Waals surface area contributed by atoms with Crippen molar-refractivity contribution in [2.24, 2.45) is 5.73 Å². The quantitative estimate of drug-likeness (QED) is 0.917. The number of hydrogen-bond donors (Lipinski definition) is 1. The zero-order valence-corrected chi connectivity index (χ0v) is 11.3. The van der Waals surface area contributed by atoms with Crippen LogP contribution in [0.3, 0.4) is 0 Å². The summed E-state index contributed by atoms with van der Waals surface area (Å²) in [4.78, 5) is 18.5. The van der Waals surface area contributed by atoms with Crippen molar-refractivity contribution in [3.05, 3.63) is 48.5 Å². The van der Waals surface area contributed by atoms with E-state index in [-0.39, 0.29) is 11.9 Å². The van der Waals surface area contributed by atoms with E-state index in [1.807, 2.05) is 39.9 Å². The zero-order valence-electron chi connectivity index (χ0n) is 11.3. The average molecular weight is 270 g/mol. The van der Waals surface area contributed by atoms with Gasteiger partial charge in [0.05, 0.1) is 6.33 Å². The third-order valence-electron chi connectivity index (χ3n) is 3.81. The van der Waals surface area contributed by atoms with Gasteiger partial charge in [0.2, 0.25) is 0 Å². The first-order valence-corrected chi connectivity index (χ1v) is 6.89. The second kappa shape index (κ2) is 5.46. The lowest BCUT2D eigenvalue weighted by Crippen LogP contribution is -2.39. The van der Waals surface area contributed by atoms with Gasteiger partial charge in [-0.25, -0.2) is 4.98 Å². The maximum absolute atomic E-state index is 12.6. The molecule has 104 valence electrons. The molecule has 2 aromatic rings. The molecule has 20 heavy (non-hydrogen) atoms. The van der Waals surface area contributed by atoms with Gasteiger partial charge in [-0.1, -0.05) is 6.07 Å². The number of carbonyl (C=O) groups is 1. The number of imidazole rings is 1. The van der Waals surface area contributed by atoms with Crippen LogP contribution in [0.15, 0.2) is 43.0 Å². The van der Waals surface area contributed by atoms with Crippen LogP contribution in [0.1, 0.15) is 23.2 Å². The van der Waals surface area contributed by atoms with E-state index in [1.165, 1.54) is 0 Å². The fraction of sp³-hybridized carbons (Fsp3) is 0.333. The SMILES string of the molecule is NC[C@@H]1CCCN1C(=O)c1cccc(-n2ccnc2)c1. The molecule has 1 fully saturated rings. The highest BCUT2D eigenvalue weighted by Gasteiger charge is 2.28. The van der Waals surface area contributed by atoms with Crippen molar-refractivity contribution in [1.29, 1.82) is 0 Å². The first-order chi connectivity index (χ1) is 9.79. The van der Waals surface area contributed by atoms with Crippen molar-refractivity contribution in [2.45, 2.75) is 18.9 Å². The van der Waals surface area contributed by atoms with E-state index >= 15 is 0 Å². The monoisotopic (exact) mass is 270 g/mol. The normalized spacial score (nSPS) is 18.4. The fourth-order valence-corrected chi connectivity index (χ4v) is 2.73. The Morgan fingerprint density at radius 2 is 2.35 bits per heavy atom. The number of benzene rings is 1. The Bertz CT molecular complexity index is 594. The molecule has 1 aliphatic rings.